The minimum Gasteiger partial charge on any atom is -0.481 e. The fourth-order valence-electron chi connectivity index (χ4n) is 3.95. The first kappa shape index (κ1) is 27.1. The molecule has 3 aromatic rings. The number of hydrogen-bond donors (Lipinski definition) is 1. The van der Waals surface area contributed by atoms with E-state index in [4.69, 9.17) is 28.3 Å². The van der Waals surface area contributed by atoms with Gasteiger partial charge in [0.1, 0.15) is 0 Å². The van der Waals surface area contributed by atoms with E-state index in [0.717, 1.165) is 16.8 Å². The Kier molecular flexibility index (Phi) is 8.21. The van der Waals surface area contributed by atoms with Gasteiger partial charge in [-0.05, 0) is 55.4 Å². The van der Waals surface area contributed by atoms with Crippen LogP contribution in [0.2, 0.25) is 10.0 Å². The largest absolute Gasteiger partial charge is 0.481 e. The Morgan fingerprint density at radius 3 is 2.51 bits per heavy atom. The van der Waals surface area contributed by atoms with Crippen molar-refractivity contribution in [3.05, 3.63) is 105 Å². The van der Waals surface area contributed by atoms with Crippen molar-refractivity contribution >= 4 is 40.9 Å². The normalized spacial score (nSPS) is 14.6. The van der Waals surface area contributed by atoms with E-state index in [9.17, 15) is 23.1 Å². The predicted molar refractivity (Wildman–Crippen MR) is 142 cm³/mol. The van der Waals surface area contributed by atoms with Gasteiger partial charge in [0.25, 0.3) is 0 Å². The Hall–Kier alpha value is -2.94. The van der Waals surface area contributed by atoms with Crippen LogP contribution in [-0.2, 0) is 11.2 Å². The minimum atomic E-state index is -4.42. The number of alkyl halides is 3. The second-order valence-electron chi connectivity index (χ2n) is 8.45. The Bertz CT molecular complexity index is 1410. The molecular formula is C27H21Cl2F3N2O2S. The molecule has 1 N–H and O–H groups in total. The van der Waals surface area contributed by atoms with Gasteiger partial charge in [-0.1, -0.05) is 76.8 Å². The average Bonchev–Trinajstić information content (AvgIpc) is 3.12. The van der Waals surface area contributed by atoms with E-state index in [1.807, 2.05) is 37.3 Å². The molecule has 4 nitrogen and oxygen atoms in total. The van der Waals surface area contributed by atoms with Crippen LogP contribution in [0.25, 0.3) is 16.9 Å². The van der Waals surface area contributed by atoms with Crippen LogP contribution in [0.4, 0.5) is 13.2 Å². The second-order valence-corrected chi connectivity index (χ2v) is 10.4. The highest BCUT2D eigenvalue weighted by molar-refractivity contribution is 8.04. The molecule has 2 aromatic carbocycles. The standard InChI is InChI=1S/C27H21Cl2F3N2O2S/c1-16-5-7-18(8-6-16)25-14-19(33-34(25)20-10-12-23(28)24(29)15-20)13-22(26(35)36)17-3-2-4-21(11-9-17)37-27(30,31)32/h2-8,10-12,14-15,22H,9,13H2,1H3,(H,35,36). The van der Waals surface area contributed by atoms with Crippen LogP contribution in [0.3, 0.4) is 0 Å². The highest BCUT2D eigenvalue weighted by atomic mass is 35.5. The van der Waals surface area contributed by atoms with Gasteiger partial charge < -0.3 is 5.11 Å². The fourth-order valence-corrected chi connectivity index (χ4v) is 4.82. The van der Waals surface area contributed by atoms with Gasteiger partial charge >= 0.3 is 11.5 Å². The SMILES string of the molecule is Cc1ccc(-c2cc(CC(C(=O)O)C3=CC=CC(SC(F)(F)F)=CC3)nn2-c2ccc(Cl)c(Cl)c2)cc1. The van der Waals surface area contributed by atoms with Gasteiger partial charge in [-0.3, -0.25) is 4.79 Å². The van der Waals surface area contributed by atoms with Gasteiger partial charge in [0.2, 0.25) is 0 Å². The van der Waals surface area contributed by atoms with Crippen LogP contribution in [0.15, 0.2) is 83.3 Å². The van der Waals surface area contributed by atoms with Crippen LogP contribution in [0.1, 0.15) is 17.7 Å². The lowest BCUT2D eigenvalue weighted by molar-refractivity contribution is -0.140. The second kappa shape index (κ2) is 11.2. The summed E-state index contributed by atoms with van der Waals surface area (Å²) in [6.07, 6.45) is 5.89. The van der Waals surface area contributed by atoms with Crippen LogP contribution in [-0.4, -0.2) is 26.4 Å². The number of nitrogens with zero attached hydrogens (tertiary/aromatic N) is 2. The Labute approximate surface area is 226 Å². The average molecular weight is 565 g/mol. The fraction of sp³-hybridized carbons (Fsp3) is 0.185. The first-order chi connectivity index (χ1) is 17.5. The zero-order valence-electron chi connectivity index (χ0n) is 19.5. The van der Waals surface area contributed by atoms with Crippen molar-refractivity contribution in [2.75, 3.05) is 0 Å². The molecule has 0 saturated carbocycles. The summed E-state index contributed by atoms with van der Waals surface area (Å²) < 4.78 is 40.0. The third-order valence-corrected chi connectivity index (χ3v) is 7.27. The lowest BCUT2D eigenvalue weighted by Crippen LogP contribution is -2.19. The van der Waals surface area contributed by atoms with Gasteiger partial charge in [-0.25, -0.2) is 4.68 Å². The Morgan fingerprint density at radius 2 is 1.86 bits per heavy atom. The molecule has 0 bridgehead atoms. The van der Waals surface area contributed by atoms with Gasteiger partial charge in [0.05, 0.1) is 33.0 Å². The van der Waals surface area contributed by atoms with E-state index in [2.05, 4.69) is 0 Å². The molecule has 4 rings (SSSR count). The molecular weight excluding hydrogens is 544 g/mol. The molecule has 1 atom stereocenters. The van der Waals surface area contributed by atoms with Crippen molar-refractivity contribution in [1.29, 1.82) is 0 Å². The molecule has 0 saturated heterocycles. The van der Waals surface area contributed by atoms with E-state index in [0.29, 0.717) is 27.0 Å². The number of benzene rings is 2. The molecule has 0 amide bonds. The number of carboxylic acid groups (broad SMARTS) is 1. The minimum absolute atomic E-state index is 0.0217. The van der Waals surface area contributed by atoms with E-state index in [-0.39, 0.29) is 29.5 Å². The van der Waals surface area contributed by atoms with E-state index in [1.54, 1.807) is 29.0 Å². The predicted octanol–water partition coefficient (Wildman–Crippen LogP) is 8.42. The lowest BCUT2D eigenvalue weighted by atomic mass is 9.91. The number of carbonyl (C=O) groups is 1. The summed E-state index contributed by atoms with van der Waals surface area (Å²) in [5.74, 6) is -2.06. The molecule has 0 fully saturated rings. The summed E-state index contributed by atoms with van der Waals surface area (Å²) in [6, 6.07) is 14.7. The summed E-state index contributed by atoms with van der Waals surface area (Å²) in [6.45, 7) is 1.98. The molecule has 0 spiro atoms. The van der Waals surface area contributed by atoms with E-state index in [1.165, 1.54) is 18.2 Å². The van der Waals surface area contributed by atoms with Crippen LogP contribution in [0, 0.1) is 12.8 Å². The molecule has 1 unspecified atom stereocenters. The van der Waals surface area contributed by atoms with Crippen molar-refractivity contribution < 1.29 is 23.1 Å². The topological polar surface area (TPSA) is 55.1 Å². The maximum absolute atomic E-state index is 12.8. The number of aliphatic carboxylic acids is 1. The number of hydrogen-bond acceptors (Lipinski definition) is 3. The summed E-state index contributed by atoms with van der Waals surface area (Å²) in [4.78, 5) is 12.3. The zero-order chi connectivity index (χ0) is 26.7. The maximum atomic E-state index is 12.8. The van der Waals surface area contributed by atoms with Crippen molar-refractivity contribution in [1.82, 2.24) is 9.78 Å². The zero-order valence-corrected chi connectivity index (χ0v) is 21.8. The van der Waals surface area contributed by atoms with E-state index < -0.39 is 17.4 Å². The number of carboxylic acids is 1. The van der Waals surface area contributed by atoms with Gasteiger partial charge in [-0.2, -0.15) is 18.3 Å². The maximum Gasteiger partial charge on any atom is 0.446 e. The quantitative estimate of drug-likeness (QED) is 0.313. The van der Waals surface area contributed by atoms with Crippen LogP contribution in [0.5, 0.6) is 0 Å². The van der Waals surface area contributed by atoms with Crippen LogP contribution >= 0.6 is 35.0 Å². The molecule has 0 aliphatic heterocycles. The molecule has 1 aliphatic carbocycles. The summed E-state index contributed by atoms with van der Waals surface area (Å²) in [5, 5.41) is 15.4. The van der Waals surface area contributed by atoms with Gasteiger partial charge in [0.15, 0.2) is 0 Å². The third-order valence-electron chi connectivity index (χ3n) is 5.76. The summed E-state index contributed by atoms with van der Waals surface area (Å²) in [5.41, 5.74) is -0.0842. The van der Waals surface area contributed by atoms with Crippen molar-refractivity contribution in [3.63, 3.8) is 0 Å². The number of thioether (sulfide) groups is 1. The summed E-state index contributed by atoms with van der Waals surface area (Å²) >= 11 is 12.1. The number of rotatable bonds is 7. The monoisotopic (exact) mass is 564 g/mol. The molecule has 1 aliphatic rings. The molecule has 192 valence electrons. The third kappa shape index (κ3) is 6.89. The molecule has 0 radical (unpaired) electrons. The highest BCUT2D eigenvalue weighted by Crippen LogP contribution is 2.38. The number of halogens is 5. The van der Waals surface area contributed by atoms with Crippen molar-refractivity contribution in [3.8, 4) is 16.9 Å². The molecule has 37 heavy (non-hydrogen) atoms. The van der Waals surface area contributed by atoms with Crippen molar-refractivity contribution in [2.45, 2.75) is 25.3 Å². The molecule has 1 aromatic heterocycles. The molecule has 10 heteroatoms. The van der Waals surface area contributed by atoms with E-state index >= 15 is 0 Å². The van der Waals surface area contributed by atoms with Gasteiger partial charge in [0, 0.05) is 16.9 Å². The number of allylic oxidation sites excluding steroid dienone is 4. The molecule has 1 heterocycles. The van der Waals surface area contributed by atoms with Crippen molar-refractivity contribution in [2.24, 2.45) is 5.92 Å². The highest BCUT2D eigenvalue weighted by Gasteiger charge is 2.30. The number of aromatic nitrogens is 2. The smallest absolute Gasteiger partial charge is 0.446 e. The van der Waals surface area contributed by atoms with Gasteiger partial charge in [-0.15, -0.1) is 0 Å². The van der Waals surface area contributed by atoms with Crippen LogP contribution < -0.4 is 0 Å². The Morgan fingerprint density at radius 1 is 1.14 bits per heavy atom. The Balaban J connectivity index is 1.69. The first-order valence-electron chi connectivity index (χ1n) is 11.2. The number of aryl methyl sites for hydroxylation is 1. The summed E-state index contributed by atoms with van der Waals surface area (Å²) in [7, 11) is 0. The lowest BCUT2D eigenvalue weighted by Gasteiger charge is -2.14. The first-order valence-corrected chi connectivity index (χ1v) is 12.7.